The molecule has 1 unspecified atom stereocenters. The highest BCUT2D eigenvalue weighted by atomic mass is 16.6. The van der Waals surface area contributed by atoms with Crippen molar-refractivity contribution < 1.29 is 14.8 Å². The highest BCUT2D eigenvalue weighted by molar-refractivity contribution is 5.35. The molecule has 0 aliphatic carbocycles. The lowest BCUT2D eigenvalue weighted by atomic mass is 10.1. The van der Waals surface area contributed by atoms with Gasteiger partial charge in [-0.3, -0.25) is 10.1 Å². The van der Waals surface area contributed by atoms with E-state index >= 15 is 0 Å². The lowest BCUT2D eigenvalue weighted by Gasteiger charge is -2.12. The number of benzene rings is 2. The van der Waals surface area contributed by atoms with E-state index in [0.29, 0.717) is 18.7 Å². The summed E-state index contributed by atoms with van der Waals surface area (Å²) in [6, 6.07) is 13.7. The molecule has 2 aromatic carbocycles. The zero-order chi connectivity index (χ0) is 15.9. The second-order valence-corrected chi connectivity index (χ2v) is 4.85. The van der Waals surface area contributed by atoms with Gasteiger partial charge in [-0.25, -0.2) is 0 Å². The molecule has 2 rings (SSSR count). The Labute approximate surface area is 128 Å². The molecule has 2 N–H and O–H groups in total. The standard InChI is InChI=1S/C16H18N2O4/c1-22-15-7-2-4-12(8-15)10-17-11-16(19)13-5-3-6-14(9-13)18(20)21/h2-9,16-17,19H,10-11H2,1H3. The molecule has 0 saturated carbocycles. The Morgan fingerprint density at radius 1 is 1.27 bits per heavy atom. The molecule has 6 heteroatoms. The fourth-order valence-corrected chi connectivity index (χ4v) is 2.10. The number of aliphatic hydroxyl groups excluding tert-OH is 1. The first-order valence-corrected chi connectivity index (χ1v) is 6.86. The minimum atomic E-state index is -0.800. The number of nitrogens with zero attached hydrogens (tertiary/aromatic N) is 1. The van der Waals surface area contributed by atoms with E-state index in [4.69, 9.17) is 4.74 Å². The van der Waals surface area contributed by atoms with Gasteiger partial charge in [0.2, 0.25) is 0 Å². The molecule has 22 heavy (non-hydrogen) atoms. The molecule has 0 aliphatic rings. The number of nitrogens with one attached hydrogen (secondary N) is 1. The van der Waals surface area contributed by atoms with E-state index in [9.17, 15) is 15.2 Å². The van der Waals surface area contributed by atoms with E-state index in [0.717, 1.165) is 11.3 Å². The molecule has 0 spiro atoms. The summed E-state index contributed by atoms with van der Waals surface area (Å²) in [5.41, 5.74) is 1.53. The van der Waals surface area contributed by atoms with Crippen molar-refractivity contribution >= 4 is 5.69 Å². The summed E-state index contributed by atoms with van der Waals surface area (Å²) >= 11 is 0. The minimum absolute atomic E-state index is 0.0238. The van der Waals surface area contributed by atoms with Crippen LogP contribution in [0.1, 0.15) is 17.2 Å². The Hall–Kier alpha value is -2.44. The SMILES string of the molecule is COc1cccc(CNCC(O)c2cccc([N+](=O)[O-])c2)c1. The van der Waals surface area contributed by atoms with Gasteiger partial charge in [0.1, 0.15) is 5.75 Å². The number of non-ortho nitro benzene ring substituents is 1. The lowest BCUT2D eigenvalue weighted by molar-refractivity contribution is -0.385. The maximum Gasteiger partial charge on any atom is 0.269 e. The van der Waals surface area contributed by atoms with Crippen molar-refractivity contribution in [3.63, 3.8) is 0 Å². The Morgan fingerprint density at radius 3 is 2.77 bits per heavy atom. The average Bonchev–Trinajstić information content (AvgIpc) is 2.55. The quantitative estimate of drug-likeness (QED) is 0.606. The van der Waals surface area contributed by atoms with Crippen molar-refractivity contribution in [2.45, 2.75) is 12.6 Å². The fourth-order valence-electron chi connectivity index (χ4n) is 2.10. The van der Waals surface area contributed by atoms with Crippen LogP contribution in [0.2, 0.25) is 0 Å². The van der Waals surface area contributed by atoms with Crippen molar-refractivity contribution in [3.05, 3.63) is 69.8 Å². The summed E-state index contributed by atoms with van der Waals surface area (Å²) in [6.07, 6.45) is -0.800. The Balaban J connectivity index is 1.91. The fraction of sp³-hybridized carbons (Fsp3) is 0.250. The monoisotopic (exact) mass is 302 g/mol. The summed E-state index contributed by atoms with van der Waals surface area (Å²) in [4.78, 5) is 10.3. The van der Waals surface area contributed by atoms with Crippen LogP contribution in [0.25, 0.3) is 0 Å². The first kappa shape index (κ1) is 15.9. The number of hydrogen-bond donors (Lipinski definition) is 2. The third-order valence-electron chi connectivity index (χ3n) is 3.27. The normalized spacial score (nSPS) is 11.9. The van der Waals surface area contributed by atoms with Crippen molar-refractivity contribution in [1.82, 2.24) is 5.32 Å². The lowest BCUT2D eigenvalue weighted by Crippen LogP contribution is -2.21. The first-order chi connectivity index (χ1) is 10.6. The number of nitro benzene ring substituents is 1. The van der Waals surface area contributed by atoms with E-state index in [-0.39, 0.29) is 5.69 Å². The Morgan fingerprint density at radius 2 is 2.05 bits per heavy atom. The van der Waals surface area contributed by atoms with Gasteiger partial charge in [0.25, 0.3) is 5.69 Å². The Bertz CT molecular complexity index is 646. The Kier molecular flexibility index (Phi) is 5.46. The number of methoxy groups -OCH3 is 1. The molecule has 2 aromatic rings. The van der Waals surface area contributed by atoms with Crippen LogP contribution < -0.4 is 10.1 Å². The van der Waals surface area contributed by atoms with Gasteiger partial charge < -0.3 is 15.2 Å². The van der Waals surface area contributed by atoms with Crippen LogP contribution in [0.4, 0.5) is 5.69 Å². The molecule has 6 nitrogen and oxygen atoms in total. The van der Waals surface area contributed by atoms with E-state index < -0.39 is 11.0 Å². The van der Waals surface area contributed by atoms with E-state index in [2.05, 4.69) is 5.32 Å². The molecule has 0 saturated heterocycles. The van der Waals surface area contributed by atoms with E-state index in [1.54, 1.807) is 19.2 Å². The second-order valence-electron chi connectivity index (χ2n) is 4.85. The predicted octanol–water partition coefficient (Wildman–Crippen LogP) is 2.43. The van der Waals surface area contributed by atoms with Crippen molar-refractivity contribution in [2.75, 3.05) is 13.7 Å². The predicted molar refractivity (Wildman–Crippen MR) is 82.8 cm³/mol. The van der Waals surface area contributed by atoms with Gasteiger partial charge >= 0.3 is 0 Å². The van der Waals surface area contributed by atoms with E-state index in [1.165, 1.54) is 12.1 Å². The zero-order valence-electron chi connectivity index (χ0n) is 12.2. The highest BCUT2D eigenvalue weighted by Crippen LogP contribution is 2.19. The highest BCUT2D eigenvalue weighted by Gasteiger charge is 2.12. The summed E-state index contributed by atoms with van der Waals surface area (Å²) in [5, 5.41) is 24.0. The zero-order valence-corrected chi connectivity index (χ0v) is 12.2. The van der Waals surface area contributed by atoms with E-state index in [1.807, 2.05) is 24.3 Å². The van der Waals surface area contributed by atoms with Crippen LogP contribution in [0.3, 0.4) is 0 Å². The van der Waals surface area contributed by atoms with Crippen LogP contribution in [-0.4, -0.2) is 23.7 Å². The van der Waals surface area contributed by atoms with Crippen LogP contribution in [0.5, 0.6) is 5.75 Å². The number of ether oxygens (including phenoxy) is 1. The molecule has 1 atom stereocenters. The smallest absolute Gasteiger partial charge is 0.269 e. The van der Waals surface area contributed by atoms with Gasteiger partial charge in [-0.1, -0.05) is 24.3 Å². The molecular weight excluding hydrogens is 284 g/mol. The van der Waals surface area contributed by atoms with Crippen LogP contribution in [0, 0.1) is 10.1 Å². The van der Waals surface area contributed by atoms with Gasteiger partial charge in [-0.15, -0.1) is 0 Å². The largest absolute Gasteiger partial charge is 0.497 e. The van der Waals surface area contributed by atoms with Crippen LogP contribution in [0.15, 0.2) is 48.5 Å². The average molecular weight is 302 g/mol. The van der Waals surface area contributed by atoms with Gasteiger partial charge in [0.15, 0.2) is 0 Å². The third-order valence-corrected chi connectivity index (χ3v) is 3.27. The number of nitro groups is 1. The van der Waals surface area contributed by atoms with Crippen LogP contribution in [-0.2, 0) is 6.54 Å². The molecule has 0 radical (unpaired) electrons. The first-order valence-electron chi connectivity index (χ1n) is 6.86. The van der Waals surface area contributed by atoms with Crippen LogP contribution >= 0.6 is 0 Å². The number of hydrogen-bond acceptors (Lipinski definition) is 5. The third kappa shape index (κ3) is 4.28. The molecule has 0 amide bonds. The maximum atomic E-state index is 10.7. The molecule has 0 aliphatic heterocycles. The maximum absolute atomic E-state index is 10.7. The summed E-state index contributed by atoms with van der Waals surface area (Å²) < 4.78 is 5.15. The van der Waals surface area contributed by atoms with Gasteiger partial charge in [0, 0.05) is 25.2 Å². The molecule has 0 bridgehead atoms. The van der Waals surface area contributed by atoms with Gasteiger partial charge in [-0.05, 0) is 23.3 Å². The molecule has 0 heterocycles. The van der Waals surface area contributed by atoms with Gasteiger partial charge in [-0.2, -0.15) is 0 Å². The van der Waals surface area contributed by atoms with Gasteiger partial charge in [0.05, 0.1) is 18.1 Å². The van der Waals surface area contributed by atoms with Crippen molar-refractivity contribution in [1.29, 1.82) is 0 Å². The molecular formula is C16H18N2O4. The number of rotatable bonds is 7. The molecule has 0 aromatic heterocycles. The summed E-state index contributed by atoms with van der Waals surface area (Å²) in [5.74, 6) is 0.776. The number of aliphatic hydroxyl groups is 1. The second kappa shape index (κ2) is 7.53. The van der Waals surface area contributed by atoms with Crippen molar-refractivity contribution in [3.8, 4) is 5.75 Å². The van der Waals surface area contributed by atoms with Crippen molar-refractivity contribution in [2.24, 2.45) is 0 Å². The molecule has 116 valence electrons. The summed E-state index contributed by atoms with van der Waals surface area (Å²) in [6.45, 7) is 0.877. The minimum Gasteiger partial charge on any atom is -0.497 e. The molecule has 0 fully saturated rings. The topological polar surface area (TPSA) is 84.6 Å². The summed E-state index contributed by atoms with van der Waals surface area (Å²) in [7, 11) is 1.61.